The molecular formula is C29H38N4O3. The van der Waals surface area contributed by atoms with Crippen LogP contribution in [0.2, 0.25) is 0 Å². The molecule has 2 aromatic carbocycles. The lowest BCUT2D eigenvalue weighted by molar-refractivity contribution is 0.0744. The SMILES string of the molecule is NC1=Nc2ccc(Oc3ccccc3)cc2CN1[C@@H](COC(=O)NC1CCCCC1)C1CCCCC1. The van der Waals surface area contributed by atoms with E-state index < -0.39 is 0 Å². The number of aliphatic imine (C=N–C) groups is 1. The first-order chi connectivity index (χ1) is 17.7. The van der Waals surface area contributed by atoms with Gasteiger partial charge in [-0.1, -0.05) is 56.7 Å². The lowest BCUT2D eigenvalue weighted by atomic mass is 9.83. The number of nitrogens with one attached hydrogen (secondary N) is 1. The first kappa shape index (κ1) is 24.5. The molecular weight excluding hydrogens is 452 g/mol. The predicted molar refractivity (Wildman–Crippen MR) is 142 cm³/mol. The zero-order chi connectivity index (χ0) is 24.7. The molecule has 0 saturated heterocycles. The number of hydrogen-bond donors (Lipinski definition) is 2. The molecule has 7 nitrogen and oxygen atoms in total. The Kier molecular flexibility index (Phi) is 7.94. The molecule has 1 amide bonds. The summed E-state index contributed by atoms with van der Waals surface area (Å²) >= 11 is 0. The van der Waals surface area contributed by atoms with E-state index >= 15 is 0 Å². The molecule has 0 unspecified atom stereocenters. The first-order valence-electron chi connectivity index (χ1n) is 13.6. The van der Waals surface area contributed by atoms with E-state index in [0.717, 1.165) is 48.4 Å². The maximum absolute atomic E-state index is 12.6. The molecule has 1 atom stereocenters. The van der Waals surface area contributed by atoms with Crippen molar-refractivity contribution in [2.75, 3.05) is 6.61 Å². The molecule has 192 valence electrons. The highest BCUT2D eigenvalue weighted by Gasteiger charge is 2.33. The van der Waals surface area contributed by atoms with E-state index in [-0.39, 0.29) is 18.2 Å². The van der Waals surface area contributed by atoms with E-state index in [1.54, 1.807) is 0 Å². The third-order valence-corrected chi connectivity index (χ3v) is 7.81. The fourth-order valence-corrected chi connectivity index (χ4v) is 5.84. The number of carbonyl (C=O) groups excluding carboxylic acids is 1. The van der Waals surface area contributed by atoms with Gasteiger partial charge >= 0.3 is 6.09 Å². The molecule has 0 bridgehead atoms. The lowest BCUT2D eigenvalue weighted by Crippen LogP contribution is -2.52. The normalized spacial score (nSPS) is 19.7. The van der Waals surface area contributed by atoms with Crippen molar-refractivity contribution in [3.05, 3.63) is 54.1 Å². The molecule has 0 aromatic heterocycles. The molecule has 2 aliphatic carbocycles. The maximum atomic E-state index is 12.6. The van der Waals surface area contributed by atoms with E-state index in [2.05, 4.69) is 10.2 Å². The number of nitrogens with zero attached hydrogens (tertiary/aromatic N) is 2. The van der Waals surface area contributed by atoms with Gasteiger partial charge in [0.05, 0.1) is 11.7 Å². The van der Waals surface area contributed by atoms with Gasteiger partial charge in [0.15, 0.2) is 5.96 Å². The summed E-state index contributed by atoms with van der Waals surface area (Å²) in [7, 11) is 0. The largest absolute Gasteiger partial charge is 0.457 e. The number of nitrogens with two attached hydrogens (primary N) is 1. The quantitative estimate of drug-likeness (QED) is 0.479. The van der Waals surface area contributed by atoms with Crippen LogP contribution in [0.3, 0.4) is 0 Å². The van der Waals surface area contributed by atoms with Crippen molar-refractivity contribution in [2.24, 2.45) is 16.6 Å². The molecule has 1 heterocycles. The number of para-hydroxylation sites is 1. The Balaban J connectivity index is 1.29. The van der Waals surface area contributed by atoms with Gasteiger partial charge in [-0.2, -0.15) is 0 Å². The number of rotatable bonds is 7. The topological polar surface area (TPSA) is 89.2 Å². The Hall–Kier alpha value is -3.22. The number of carbonyl (C=O) groups is 1. The van der Waals surface area contributed by atoms with Crippen LogP contribution in [0.4, 0.5) is 10.5 Å². The predicted octanol–water partition coefficient (Wildman–Crippen LogP) is 6.25. The van der Waals surface area contributed by atoms with Gasteiger partial charge in [0.2, 0.25) is 0 Å². The third-order valence-electron chi connectivity index (χ3n) is 7.81. The van der Waals surface area contributed by atoms with Crippen LogP contribution in [0.15, 0.2) is 53.5 Å². The minimum Gasteiger partial charge on any atom is -0.457 e. The number of ether oxygens (including phenoxy) is 2. The van der Waals surface area contributed by atoms with Gasteiger partial charge in [-0.05, 0) is 61.9 Å². The van der Waals surface area contributed by atoms with Crippen molar-refractivity contribution < 1.29 is 14.3 Å². The summed E-state index contributed by atoms with van der Waals surface area (Å²) in [6.45, 7) is 0.931. The number of benzene rings is 2. The summed E-state index contributed by atoms with van der Waals surface area (Å²) in [4.78, 5) is 19.5. The maximum Gasteiger partial charge on any atom is 0.407 e. The van der Waals surface area contributed by atoms with E-state index in [1.165, 1.54) is 38.5 Å². The Morgan fingerprint density at radius 3 is 2.44 bits per heavy atom. The van der Waals surface area contributed by atoms with Crippen LogP contribution < -0.4 is 15.8 Å². The molecule has 3 aliphatic rings. The molecule has 0 spiro atoms. The minimum atomic E-state index is -0.311. The van der Waals surface area contributed by atoms with E-state index in [9.17, 15) is 4.79 Å². The lowest BCUT2D eigenvalue weighted by Gasteiger charge is -2.40. The van der Waals surface area contributed by atoms with Crippen molar-refractivity contribution in [2.45, 2.75) is 82.8 Å². The van der Waals surface area contributed by atoms with Gasteiger partial charge in [0.1, 0.15) is 18.1 Å². The molecule has 2 aromatic rings. The fraction of sp³-hybridized carbons (Fsp3) is 0.517. The Bertz CT molecular complexity index is 1050. The van der Waals surface area contributed by atoms with E-state index in [0.29, 0.717) is 25.0 Å². The molecule has 3 N–H and O–H groups in total. The van der Waals surface area contributed by atoms with Crippen LogP contribution >= 0.6 is 0 Å². The summed E-state index contributed by atoms with van der Waals surface area (Å²) in [6.07, 6.45) is 11.3. The van der Waals surface area contributed by atoms with Gasteiger partial charge in [0, 0.05) is 18.2 Å². The highest BCUT2D eigenvalue weighted by atomic mass is 16.5. The summed E-state index contributed by atoms with van der Waals surface area (Å²) < 4.78 is 11.9. The molecule has 36 heavy (non-hydrogen) atoms. The average molecular weight is 491 g/mol. The van der Waals surface area contributed by atoms with Gasteiger partial charge in [0.25, 0.3) is 0 Å². The summed E-state index contributed by atoms with van der Waals surface area (Å²) in [5.74, 6) is 2.48. The van der Waals surface area contributed by atoms with Crippen molar-refractivity contribution in [1.29, 1.82) is 0 Å². The highest BCUT2D eigenvalue weighted by molar-refractivity contribution is 5.84. The molecule has 2 saturated carbocycles. The Morgan fingerprint density at radius 2 is 1.69 bits per heavy atom. The summed E-state index contributed by atoms with van der Waals surface area (Å²) in [5, 5.41) is 3.08. The number of amides is 1. The molecule has 0 radical (unpaired) electrons. The van der Waals surface area contributed by atoms with Gasteiger partial charge in [-0.15, -0.1) is 0 Å². The third kappa shape index (κ3) is 6.12. The second-order valence-corrected chi connectivity index (χ2v) is 10.3. The van der Waals surface area contributed by atoms with Crippen LogP contribution in [-0.2, 0) is 11.3 Å². The molecule has 5 rings (SSSR count). The summed E-state index contributed by atoms with van der Waals surface area (Å²) in [5.41, 5.74) is 8.43. The van der Waals surface area contributed by atoms with Crippen molar-refractivity contribution in [1.82, 2.24) is 10.2 Å². The van der Waals surface area contributed by atoms with E-state index in [1.807, 2.05) is 48.5 Å². The number of alkyl carbamates (subject to hydrolysis) is 1. The van der Waals surface area contributed by atoms with Gasteiger partial charge in [-0.25, -0.2) is 9.79 Å². The van der Waals surface area contributed by atoms with Crippen LogP contribution in [-0.4, -0.2) is 35.6 Å². The fourth-order valence-electron chi connectivity index (χ4n) is 5.84. The van der Waals surface area contributed by atoms with Crippen molar-refractivity contribution >= 4 is 17.7 Å². The smallest absolute Gasteiger partial charge is 0.407 e. The Morgan fingerprint density at radius 1 is 0.972 bits per heavy atom. The molecule has 7 heteroatoms. The number of guanidine groups is 1. The van der Waals surface area contributed by atoms with Crippen molar-refractivity contribution in [3.63, 3.8) is 0 Å². The second kappa shape index (κ2) is 11.7. The van der Waals surface area contributed by atoms with Crippen LogP contribution in [0, 0.1) is 5.92 Å². The summed E-state index contributed by atoms with van der Waals surface area (Å²) in [6, 6.07) is 15.9. The zero-order valence-electron chi connectivity index (χ0n) is 21.0. The van der Waals surface area contributed by atoms with Crippen LogP contribution in [0.25, 0.3) is 0 Å². The van der Waals surface area contributed by atoms with Crippen LogP contribution in [0.5, 0.6) is 11.5 Å². The average Bonchev–Trinajstić information content (AvgIpc) is 2.91. The number of hydrogen-bond acceptors (Lipinski definition) is 6. The zero-order valence-corrected chi connectivity index (χ0v) is 21.0. The van der Waals surface area contributed by atoms with Gasteiger partial charge < -0.3 is 25.4 Å². The Labute approximate surface area is 214 Å². The van der Waals surface area contributed by atoms with Gasteiger partial charge in [-0.3, -0.25) is 0 Å². The van der Waals surface area contributed by atoms with Crippen LogP contribution in [0.1, 0.15) is 69.8 Å². The highest BCUT2D eigenvalue weighted by Crippen LogP contribution is 2.35. The standard InChI is InChI=1S/C29H38N4O3/c30-28-32-26-17-16-25(36-24-14-8-3-9-15-24)18-22(26)19-33(28)27(21-10-4-1-5-11-21)20-35-29(34)31-23-12-6-2-7-13-23/h3,8-9,14-18,21,23,27H,1-2,4-7,10-13,19-20H2,(H2,30,32)(H,31,34)/t27-/m0/s1. The van der Waals surface area contributed by atoms with Crippen molar-refractivity contribution in [3.8, 4) is 11.5 Å². The molecule has 1 aliphatic heterocycles. The molecule has 2 fully saturated rings. The minimum absolute atomic E-state index is 0.00185. The van der Waals surface area contributed by atoms with E-state index in [4.69, 9.17) is 20.2 Å². The number of fused-ring (bicyclic) bond motifs is 1. The second-order valence-electron chi connectivity index (χ2n) is 10.3. The first-order valence-corrected chi connectivity index (χ1v) is 13.6. The monoisotopic (exact) mass is 490 g/mol.